The highest BCUT2D eigenvalue weighted by molar-refractivity contribution is 5.86. The topological polar surface area (TPSA) is 72.6 Å². The van der Waals surface area contributed by atoms with E-state index in [0.29, 0.717) is 32.4 Å². The molecule has 0 aromatic heterocycles. The quantitative estimate of drug-likeness (QED) is 0.732. The zero-order valence-electron chi connectivity index (χ0n) is 10.9. The summed E-state index contributed by atoms with van der Waals surface area (Å²) in [6, 6.07) is 0. The summed E-state index contributed by atoms with van der Waals surface area (Å²) in [6.07, 6.45) is 1.94. The van der Waals surface area contributed by atoms with Crippen LogP contribution in [0.1, 0.15) is 33.1 Å². The van der Waals surface area contributed by atoms with E-state index in [1.54, 1.807) is 11.8 Å². The number of esters is 1. The molecule has 1 fully saturated rings. The predicted molar refractivity (Wildman–Crippen MR) is 64.2 cm³/mol. The fraction of sp³-hybridized carbons (Fsp3) is 0.833. The molecule has 5 heteroatoms. The normalized spacial score (nSPS) is 20.8. The maximum Gasteiger partial charge on any atom is 0.308 e. The Kier molecular flexibility index (Phi) is 4.51. The Bertz CT molecular complexity index is 294. The Balaban J connectivity index is 2.52. The number of hydrogen-bond donors (Lipinski definition) is 1. The van der Waals surface area contributed by atoms with Crippen molar-refractivity contribution in [2.24, 2.45) is 11.7 Å². The zero-order chi connectivity index (χ0) is 13.1. The molecule has 2 N–H and O–H groups in total. The number of ether oxygens (including phenoxy) is 1. The van der Waals surface area contributed by atoms with Crippen molar-refractivity contribution < 1.29 is 14.3 Å². The van der Waals surface area contributed by atoms with Gasteiger partial charge in [-0.05, 0) is 26.2 Å². The van der Waals surface area contributed by atoms with Gasteiger partial charge in [0.15, 0.2) is 0 Å². The number of nitrogens with zero attached hydrogens (tertiary/aromatic N) is 1. The fourth-order valence-electron chi connectivity index (χ4n) is 2.00. The first-order chi connectivity index (χ1) is 7.92. The van der Waals surface area contributed by atoms with E-state index in [4.69, 9.17) is 10.5 Å². The van der Waals surface area contributed by atoms with Gasteiger partial charge < -0.3 is 15.4 Å². The lowest BCUT2D eigenvalue weighted by Gasteiger charge is -2.35. The minimum absolute atomic E-state index is 0.0247. The Morgan fingerprint density at radius 1 is 1.41 bits per heavy atom. The molecule has 0 aromatic carbocycles. The molecule has 1 amide bonds. The smallest absolute Gasteiger partial charge is 0.308 e. The summed E-state index contributed by atoms with van der Waals surface area (Å²) in [4.78, 5) is 25.2. The first kappa shape index (κ1) is 14.0. The number of amides is 1. The molecule has 0 spiro atoms. The minimum atomic E-state index is -0.794. The van der Waals surface area contributed by atoms with Gasteiger partial charge in [0, 0.05) is 13.1 Å². The number of nitrogens with two attached hydrogens (primary N) is 1. The number of carbonyl (C=O) groups excluding carboxylic acids is 2. The van der Waals surface area contributed by atoms with Crippen LogP contribution in [0.2, 0.25) is 0 Å². The van der Waals surface area contributed by atoms with Crippen LogP contribution < -0.4 is 5.73 Å². The van der Waals surface area contributed by atoms with Crippen molar-refractivity contribution in [3.8, 4) is 0 Å². The third kappa shape index (κ3) is 3.19. The summed E-state index contributed by atoms with van der Waals surface area (Å²) in [6.45, 7) is 4.83. The lowest BCUT2D eigenvalue weighted by atomic mass is 9.93. The Morgan fingerprint density at radius 3 is 2.35 bits per heavy atom. The van der Waals surface area contributed by atoms with Gasteiger partial charge >= 0.3 is 5.97 Å². The summed E-state index contributed by atoms with van der Waals surface area (Å²) in [5.74, 6) is -0.277. The van der Waals surface area contributed by atoms with Crippen LogP contribution in [0.5, 0.6) is 0 Å². The molecule has 0 aliphatic carbocycles. The number of likely N-dealkylation sites (tertiary alicyclic amines) is 1. The fourth-order valence-corrected chi connectivity index (χ4v) is 2.00. The van der Waals surface area contributed by atoms with Crippen LogP contribution in [0, 0.1) is 5.92 Å². The molecule has 0 radical (unpaired) electrons. The predicted octanol–water partition coefficient (Wildman–Crippen LogP) is 0.525. The number of piperidine rings is 1. The van der Waals surface area contributed by atoms with Crippen LogP contribution in [-0.2, 0) is 14.3 Å². The van der Waals surface area contributed by atoms with Crippen LogP contribution in [0.3, 0.4) is 0 Å². The van der Waals surface area contributed by atoms with Crippen molar-refractivity contribution in [1.29, 1.82) is 0 Å². The van der Waals surface area contributed by atoms with E-state index in [2.05, 4.69) is 0 Å². The number of methoxy groups -OCH3 is 1. The second-order valence-electron chi connectivity index (χ2n) is 4.86. The molecule has 1 rings (SSSR count). The van der Waals surface area contributed by atoms with E-state index in [9.17, 15) is 9.59 Å². The monoisotopic (exact) mass is 242 g/mol. The van der Waals surface area contributed by atoms with E-state index >= 15 is 0 Å². The lowest BCUT2D eigenvalue weighted by molar-refractivity contribution is -0.149. The first-order valence-corrected chi connectivity index (χ1v) is 6.08. The van der Waals surface area contributed by atoms with Gasteiger partial charge in [-0.15, -0.1) is 0 Å². The molecular weight excluding hydrogens is 220 g/mol. The molecule has 1 aliphatic rings. The van der Waals surface area contributed by atoms with Crippen LogP contribution >= 0.6 is 0 Å². The molecule has 5 nitrogen and oxygen atoms in total. The summed E-state index contributed by atoms with van der Waals surface area (Å²) < 4.78 is 4.71. The van der Waals surface area contributed by atoms with Gasteiger partial charge in [0.2, 0.25) is 5.91 Å². The van der Waals surface area contributed by atoms with E-state index in [0.717, 1.165) is 0 Å². The molecule has 0 bridgehead atoms. The van der Waals surface area contributed by atoms with Crippen LogP contribution in [0.25, 0.3) is 0 Å². The Hall–Kier alpha value is -1.10. The number of rotatable bonds is 3. The maximum atomic E-state index is 12.1. The van der Waals surface area contributed by atoms with Crippen molar-refractivity contribution >= 4 is 11.9 Å². The second kappa shape index (κ2) is 5.49. The van der Waals surface area contributed by atoms with E-state index in [1.165, 1.54) is 7.11 Å². The molecule has 1 unspecified atom stereocenters. The van der Waals surface area contributed by atoms with Gasteiger partial charge in [0.05, 0.1) is 18.6 Å². The van der Waals surface area contributed by atoms with Crippen molar-refractivity contribution in [1.82, 2.24) is 4.90 Å². The SMILES string of the molecule is CCC(C)(N)C(=O)N1CCC(C(=O)OC)CC1. The Morgan fingerprint density at radius 2 is 1.94 bits per heavy atom. The van der Waals surface area contributed by atoms with Crippen molar-refractivity contribution in [2.45, 2.75) is 38.6 Å². The molecule has 17 heavy (non-hydrogen) atoms. The highest BCUT2D eigenvalue weighted by Gasteiger charge is 2.34. The van der Waals surface area contributed by atoms with Gasteiger partial charge in [-0.1, -0.05) is 6.92 Å². The summed E-state index contributed by atoms with van der Waals surface area (Å²) >= 11 is 0. The lowest BCUT2D eigenvalue weighted by Crippen LogP contribution is -2.55. The summed E-state index contributed by atoms with van der Waals surface area (Å²) in [5.41, 5.74) is 5.13. The van der Waals surface area contributed by atoms with Crippen LogP contribution in [-0.4, -0.2) is 42.5 Å². The molecule has 1 heterocycles. The molecule has 0 saturated carbocycles. The maximum absolute atomic E-state index is 12.1. The molecule has 1 saturated heterocycles. The third-order valence-corrected chi connectivity index (χ3v) is 3.54. The third-order valence-electron chi connectivity index (χ3n) is 3.54. The highest BCUT2D eigenvalue weighted by atomic mass is 16.5. The van der Waals surface area contributed by atoms with Crippen molar-refractivity contribution in [3.63, 3.8) is 0 Å². The summed E-state index contributed by atoms with van der Waals surface area (Å²) in [7, 11) is 1.40. The van der Waals surface area contributed by atoms with Crippen LogP contribution in [0.15, 0.2) is 0 Å². The standard InChI is InChI=1S/C12H22N2O3/c1-4-12(2,13)11(16)14-7-5-9(6-8-14)10(15)17-3/h9H,4-8,13H2,1-3H3. The largest absolute Gasteiger partial charge is 0.469 e. The van der Waals surface area contributed by atoms with Gasteiger partial charge in [-0.25, -0.2) is 0 Å². The van der Waals surface area contributed by atoms with Crippen LogP contribution in [0.4, 0.5) is 0 Å². The number of carbonyl (C=O) groups is 2. The Labute approximate surface area is 102 Å². The van der Waals surface area contributed by atoms with E-state index in [1.807, 2.05) is 6.92 Å². The zero-order valence-corrected chi connectivity index (χ0v) is 10.9. The van der Waals surface area contributed by atoms with Gasteiger partial charge in [0.25, 0.3) is 0 Å². The van der Waals surface area contributed by atoms with Crippen molar-refractivity contribution in [2.75, 3.05) is 20.2 Å². The van der Waals surface area contributed by atoms with Gasteiger partial charge in [-0.3, -0.25) is 9.59 Å². The number of hydrogen-bond acceptors (Lipinski definition) is 4. The van der Waals surface area contributed by atoms with Gasteiger partial charge in [-0.2, -0.15) is 0 Å². The molecule has 1 aliphatic heterocycles. The first-order valence-electron chi connectivity index (χ1n) is 6.08. The highest BCUT2D eigenvalue weighted by Crippen LogP contribution is 2.21. The van der Waals surface area contributed by atoms with Gasteiger partial charge in [0.1, 0.15) is 0 Å². The molecule has 98 valence electrons. The van der Waals surface area contributed by atoms with E-state index in [-0.39, 0.29) is 17.8 Å². The molecule has 1 atom stereocenters. The molecule has 0 aromatic rings. The van der Waals surface area contributed by atoms with Crippen molar-refractivity contribution in [3.05, 3.63) is 0 Å². The average Bonchev–Trinajstić information content (AvgIpc) is 2.37. The second-order valence-corrected chi connectivity index (χ2v) is 4.86. The molecular formula is C12H22N2O3. The summed E-state index contributed by atoms with van der Waals surface area (Å²) in [5, 5.41) is 0. The minimum Gasteiger partial charge on any atom is -0.469 e. The average molecular weight is 242 g/mol. The van der Waals surface area contributed by atoms with E-state index < -0.39 is 5.54 Å².